The Morgan fingerprint density at radius 3 is 2.64 bits per heavy atom. The van der Waals surface area contributed by atoms with Crippen molar-refractivity contribution < 1.29 is 4.74 Å². The van der Waals surface area contributed by atoms with Gasteiger partial charge >= 0.3 is 0 Å². The van der Waals surface area contributed by atoms with Crippen LogP contribution in [0.2, 0.25) is 0 Å². The summed E-state index contributed by atoms with van der Waals surface area (Å²) < 4.78 is 5.07. The fourth-order valence-corrected chi connectivity index (χ4v) is 2.20. The maximum absolute atomic E-state index is 5.53. The monoisotopic (exact) mass is 200 g/mol. The summed E-state index contributed by atoms with van der Waals surface area (Å²) in [6, 6.07) is 0. The van der Waals surface area contributed by atoms with Crippen LogP contribution in [0.3, 0.4) is 0 Å². The minimum absolute atomic E-state index is 0.800. The van der Waals surface area contributed by atoms with Gasteiger partial charge in [0.2, 0.25) is 0 Å². The summed E-state index contributed by atoms with van der Waals surface area (Å²) in [5, 5.41) is 0. The number of ether oxygens (including phenoxy) is 1. The molecule has 14 heavy (non-hydrogen) atoms. The van der Waals surface area contributed by atoms with Crippen LogP contribution in [-0.2, 0) is 4.74 Å². The zero-order chi connectivity index (χ0) is 10.2. The molecule has 3 nitrogen and oxygen atoms in total. The second-order valence-corrected chi connectivity index (χ2v) is 4.21. The zero-order valence-electron chi connectivity index (χ0n) is 9.37. The lowest BCUT2D eigenvalue weighted by atomic mass is 9.92. The molecule has 0 atom stereocenters. The Morgan fingerprint density at radius 1 is 1.36 bits per heavy atom. The van der Waals surface area contributed by atoms with E-state index in [0.717, 1.165) is 25.6 Å². The Morgan fingerprint density at radius 2 is 2.07 bits per heavy atom. The number of nitrogens with zero attached hydrogens (tertiary/aromatic N) is 1. The Balaban J connectivity index is 2.03. The van der Waals surface area contributed by atoms with Gasteiger partial charge in [-0.25, -0.2) is 0 Å². The van der Waals surface area contributed by atoms with Gasteiger partial charge in [-0.2, -0.15) is 0 Å². The van der Waals surface area contributed by atoms with Crippen molar-refractivity contribution in [2.24, 2.45) is 11.7 Å². The van der Waals surface area contributed by atoms with Crippen LogP contribution in [0.4, 0.5) is 0 Å². The molecule has 2 N–H and O–H groups in total. The number of methoxy groups -OCH3 is 1. The van der Waals surface area contributed by atoms with Crippen molar-refractivity contribution in [3.8, 4) is 0 Å². The molecule has 1 aliphatic rings. The van der Waals surface area contributed by atoms with Gasteiger partial charge in [-0.3, -0.25) is 0 Å². The number of likely N-dealkylation sites (tertiary alicyclic amines) is 1. The standard InChI is InChI=1S/C11H24N2O/c1-14-10-2-3-11-4-7-13(8-5-11)9-6-12/h11H,2-10,12H2,1H3. The highest BCUT2D eigenvalue weighted by molar-refractivity contribution is 4.72. The maximum Gasteiger partial charge on any atom is 0.0462 e. The fourth-order valence-electron chi connectivity index (χ4n) is 2.20. The van der Waals surface area contributed by atoms with Gasteiger partial charge in [-0.05, 0) is 44.7 Å². The molecule has 3 heteroatoms. The van der Waals surface area contributed by atoms with Crippen molar-refractivity contribution in [3.05, 3.63) is 0 Å². The van der Waals surface area contributed by atoms with E-state index in [4.69, 9.17) is 10.5 Å². The topological polar surface area (TPSA) is 38.5 Å². The molecule has 0 aliphatic carbocycles. The van der Waals surface area contributed by atoms with Gasteiger partial charge in [-0.15, -0.1) is 0 Å². The third-order valence-corrected chi connectivity index (χ3v) is 3.11. The molecule has 1 saturated heterocycles. The van der Waals surface area contributed by atoms with E-state index in [-0.39, 0.29) is 0 Å². The van der Waals surface area contributed by atoms with E-state index in [0.29, 0.717) is 0 Å². The lowest BCUT2D eigenvalue weighted by Gasteiger charge is -2.31. The van der Waals surface area contributed by atoms with Gasteiger partial charge in [0, 0.05) is 26.8 Å². The summed E-state index contributed by atoms with van der Waals surface area (Å²) in [6.45, 7) is 5.28. The number of rotatable bonds is 6. The predicted octanol–water partition coefficient (Wildman–Crippen LogP) is 1.08. The molecule has 1 rings (SSSR count). The average molecular weight is 200 g/mol. The quantitative estimate of drug-likeness (QED) is 0.652. The molecule has 0 saturated carbocycles. The molecule has 0 aromatic rings. The van der Waals surface area contributed by atoms with E-state index >= 15 is 0 Å². The SMILES string of the molecule is COCCCC1CCN(CCN)CC1. The molecule has 0 spiro atoms. The van der Waals surface area contributed by atoms with Crippen LogP contribution in [0.5, 0.6) is 0 Å². The molecule has 1 aliphatic heterocycles. The van der Waals surface area contributed by atoms with E-state index in [9.17, 15) is 0 Å². The molecular formula is C11H24N2O. The minimum atomic E-state index is 0.800. The van der Waals surface area contributed by atoms with E-state index in [1.165, 1.54) is 38.8 Å². The second kappa shape index (κ2) is 7.21. The van der Waals surface area contributed by atoms with Crippen LogP contribution >= 0.6 is 0 Å². The van der Waals surface area contributed by atoms with Crippen molar-refractivity contribution in [1.82, 2.24) is 4.90 Å². The van der Waals surface area contributed by atoms with E-state index in [1.54, 1.807) is 7.11 Å². The van der Waals surface area contributed by atoms with Crippen molar-refractivity contribution in [2.75, 3.05) is 39.9 Å². The zero-order valence-corrected chi connectivity index (χ0v) is 9.37. The Kier molecular flexibility index (Phi) is 6.15. The van der Waals surface area contributed by atoms with Crippen LogP contribution < -0.4 is 5.73 Å². The maximum atomic E-state index is 5.53. The molecular weight excluding hydrogens is 176 g/mol. The fraction of sp³-hybridized carbons (Fsp3) is 1.00. The largest absolute Gasteiger partial charge is 0.385 e. The molecule has 0 unspecified atom stereocenters. The van der Waals surface area contributed by atoms with E-state index < -0.39 is 0 Å². The highest BCUT2D eigenvalue weighted by atomic mass is 16.5. The lowest BCUT2D eigenvalue weighted by Crippen LogP contribution is -2.37. The predicted molar refractivity (Wildman–Crippen MR) is 59.3 cm³/mol. The summed E-state index contributed by atoms with van der Waals surface area (Å²) in [4.78, 5) is 2.48. The smallest absolute Gasteiger partial charge is 0.0462 e. The number of piperidine rings is 1. The summed E-state index contributed by atoms with van der Waals surface area (Å²) in [5.41, 5.74) is 5.53. The molecule has 0 amide bonds. The minimum Gasteiger partial charge on any atom is -0.385 e. The average Bonchev–Trinajstić information content (AvgIpc) is 2.21. The number of hydrogen-bond acceptors (Lipinski definition) is 3. The number of hydrogen-bond donors (Lipinski definition) is 1. The van der Waals surface area contributed by atoms with Gasteiger partial charge in [0.05, 0.1) is 0 Å². The first-order valence-corrected chi connectivity index (χ1v) is 5.78. The molecule has 1 heterocycles. The summed E-state index contributed by atoms with van der Waals surface area (Å²) in [5.74, 6) is 0.930. The summed E-state index contributed by atoms with van der Waals surface area (Å²) >= 11 is 0. The van der Waals surface area contributed by atoms with Crippen LogP contribution in [0.25, 0.3) is 0 Å². The van der Waals surface area contributed by atoms with Crippen molar-refractivity contribution in [3.63, 3.8) is 0 Å². The Hall–Kier alpha value is -0.120. The van der Waals surface area contributed by atoms with Gasteiger partial charge in [0.25, 0.3) is 0 Å². The molecule has 0 aromatic carbocycles. The normalized spacial score (nSPS) is 20.1. The van der Waals surface area contributed by atoms with Crippen LogP contribution in [0.1, 0.15) is 25.7 Å². The van der Waals surface area contributed by atoms with Crippen LogP contribution in [0.15, 0.2) is 0 Å². The van der Waals surface area contributed by atoms with Crippen molar-refractivity contribution >= 4 is 0 Å². The van der Waals surface area contributed by atoms with Crippen molar-refractivity contribution in [2.45, 2.75) is 25.7 Å². The van der Waals surface area contributed by atoms with E-state index in [2.05, 4.69) is 4.90 Å². The first-order valence-electron chi connectivity index (χ1n) is 5.78. The van der Waals surface area contributed by atoms with Gasteiger partial charge in [0.1, 0.15) is 0 Å². The van der Waals surface area contributed by atoms with E-state index in [1.807, 2.05) is 0 Å². The molecule has 0 bridgehead atoms. The molecule has 0 radical (unpaired) electrons. The first-order chi connectivity index (χ1) is 6.86. The van der Waals surface area contributed by atoms with Gasteiger partial charge < -0.3 is 15.4 Å². The Bertz CT molecular complexity index is 133. The highest BCUT2D eigenvalue weighted by Gasteiger charge is 2.17. The van der Waals surface area contributed by atoms with Crippen LogP contribution in [-0.4, -0.2) is 44.8 Å². The van der Waals surface area contributed by atoms with Gasteiger partial charge in [-0.1, -0.05) is 0 Å². The third-order valence-electron chi connectivity index (χ3n) is 3.11. The highest BCUT2D eigenvalue weighted by Crippen LogP contribution is 2.21. The Labute approximate surface area is 87.6 Å². The summed E-state index contributed by atoms with van der Waals surface area (Å²) in [7, 11) is 1.78. The second-order valence-electron chi connectivity index (χ2n) is 4.21. The third kappa shape index (κ3) is 4.40. The van der Waals surface area contributed by atoms with Crippen LogP contribution in [0, 0.1) is 5.92 Å². The first kappa shape index (κ1) is 12.0. The van der Waals surface area contributed by atoms with Crippen molar-refractivity contribution in [1.29, 1.82) is 0 Å². The number of nitrogens with two attached hydrogens (primary N) is 1. The van der Waals surface area contributed by atoms with Gasteiger partial charge in [0.15, 0.2) is 0 Å². The molecule has 1 fully saturated rings. The molecule has 84 valence electrons. The molecule has 0 aromatic heterocycles. The lowest BCUT2D eigenvalue weighted by molar-refractivity contribution is 0.157. The summed E-state index contributed by atoms with van der Waals surface area (Å²) in [6.07, 6.45) is 5.26.